The summed E-state index contributed by atoms with van der Waals surface area (Å²) in [6.07, 6.45) is 0. The maximum atomic E-state index is 13.7. The number of amides is 1. The molecule has 0 bridgehead atoms. The van der Waals surface area contributed by atoms with Gasteiger partial charge in [-0.1, -0.05) is 43.7 Å². The van der Waals surface area contributed by atoms with Crippen molar-refractivity contribution in [3.63, 3.8) is 0 Å². The van der Waals surface area contributed by atoms with Gasteiger partial charge in [-0.25, -0.2) is 12.9 Å². The third kappa shape index (κ3) is 5.54. The van der Waals surface area contributed by atoms with Gasteiger partial charge in [-0.2, -0.15) is 0 Å². The molecule has 0 aliphatic carbocycles. The molecule has 1 atom stereocenters. The molecular weight excluding hydrogens is 451 g/mol. The van der Waals surface area contributed by atoms with Crippen LogP contribution in [0.25, 0.3) is 0 Å². The van der Waals surface area contributed by atoms with Crippen molar-refractivity contribution in [2.75, 3.05) is 18.1 Å². The number of anilines is 1. The van der Waals surface area contributed by atoms with E-state index in [4.69, 9.17) is 4.74 Å². The minimum atomic E-state index is -1.51. The molecule has 4 rings (SSSR count). The van der Waals surface area contributed by atoms with E-state index in [2.05, 4.69) is 0 Å². The highest BCUT2D eigenvalue weighted by molar-refractivity contribution is 7.82. The molecule has 0 saturated heterocycles. The molecule has 0 spiro atoms. The standard InChI is InChI=1S/C27H29FN2O3S/c1-19(2)27(31)30(24-10-7-20(3)8-11-24)17-21-9-12-26-22(15-21)18-29(13-14-33-26)34(32)25-6-4-5-23(28)16-25/h4-12,15-16,19H,13-14,17-18H2,1-3H3. The molecular formula is C27H29FN2O3S. The van der Waals surface area contributed by atoms with Crippen molar-refractivity contribution in [2.45, 2.75) is 38.8 Å². The van der Waals surface area contributed by atoms with E-state index in [0.29, 0.717) is 31.1 Å². The Balaban J connectivity index is 1.60. The first-order valence-electron chi connectivity index (χ1n) is 11.4. The van der Waals surface area contributed by atoms with E-state index in [9.17, 15) is 13.4 Å². The number of rotatable bonds is 6. The monoisotopic (exact) mass is 480 g/mol. The van der Waals surface area contributed by atoms with Gasteiger partial charge in [-0.3, -0.25) is 4.79 Å². The Hall–Kier alpha value is -3.03. The third-order valence-corrected chi connectivity index (χ3v) is 7.19. The van der Waals surface area contributed by atoms with Gasteiger partial charge < -0.3 is 9.64 Å². The van der Waals surface area contributed by atoms with E-state index >= 15 is 0 Å². The molecule has 34 heavy (non-hydrogen) atoms. The SMILES string of the molecule is Cc1ccc(N(Cc2ccc3c(c2)CN(S(=O)c2cccc(F)c2)CCO3)C(=O)C(C)C)cc1. The van der Waals surface area contributed by atoms with Crippen LogP contribution < -0.4 is 9.64 Å². The molecule has 7 heteroatoms. The second kappa shape index (κ2) is 10.5. The summed E-state index contributed by atoms with van der Waals surface area (Å²) in [5.41, 5.74) is 3.83. The molecule has 1 amide bonds. The number of carbonyl (C=O) groups excluding carboxylic acids is 1. The second-order valence-electron chi connectivity index (χ2n) is 8.78. The number of carbonyl (C=O) groups is 1. The normalized spacial score (nSPS) is 14.7. The summed E-state index contributed by atoms with van der Waals surface area (Å²) < 4.78 is 34.5. The minimum absolute atomic E-state index is 0.0453. The van der Waals surface area contributed by atoms with Crippen LogP contribution in [0.1, 0.15) is 30.5 Å². The van der Waals surface area contributed by atoms with Gasteiger partial charge in [0.05, 0.1) is 11.4 Å². The number of aryl methyl sites for hydroxylation is 1. The van der Waals surface area contributed by atoms with E-state index in [1.54, 1.807) is 21.3 Å². The lowest BCUT2D eigenvalue weighted by Crippen LogP contribution is -2.33. The number of ether oxygens (including phenoxy) is 1. The van der Waals surface area contributed by atoms with Crippen LogP contribution in [-0.4, -0.2) is 27.6 Å². The van der Waals surface area contributed by atoms with Crippen LogP contribution in [0.3, 0.4) is 0 Å². The molecule has 178 valence electrons. The average Bonchev–Trinajstić information content (AvgIpc) is 3.04. The zero-order chi connectivity index (χ0) is 24.2. The first-order chi connectivity index (χ1) is 16.3. The van der Waals surface area contributed by atoms with Gasteiger partial charge in [-0.15, -0.1) is 0 Å². The third-order valence-electron chi connectivity index (χ3n) is 5.75. The fraction of sp³-hybridized carbons (Fsp3) is 0.296. The number of halogens is 1. The van der Waals surface area contributed by atoms with E-state index < -0.39 is 16.8 Å². The quantitative estimate of drug-likeness (QED) is 0.485. The largest absolute Gasteiger partial charge is 0.492 e. The van der Waals surface area contributed by atoms with Crippen LogP contribution in [0.5, 0.6) is 5.75 Å². The van der Waals surface area contributed by atoms with Crippen molar-refractivity contribution in [2.24, 2.45) is 5.92 Å². The zero-order valence-corrected chi connectivity index (χ0v) is 20.5. The summed E-state index contributed by atoms with van der Waals surface area (Å²) >= 11 is 0. The molecule has 0 saturated carbocycles. The van der Waals surface area contributed by atoms with Crippen LogP contribution in [0.4, 0.5) is 10.1 Å². The highest BCUT2D eigenvalue weighted by Crippen LogP contribution is 2.28. The van der Waals surface area contributed by atoms with Crippen LogP contribution >= 0.6 is 0 Å². The minimum Gasteiger partial charge on any atom is -0.492 e. The number of fused-ring (bicyclic) bond motifs is 1. The Morgan fingerprint density at radius 1 is 1.12 bits per heavy atom. The van der Waals surface area contributed by atoms with Crippen molar-refractivity contribution in [1.29, 1.82) is 0 Å². The summed E-state index contributed by atoms with van der Waals surface area (Å²) in [5, 5.41) is 0. The Morgan fingerprint density at radius 2 is 1.88 bits per heavy atom. The summed E-state index contributed by atoms with van der Waals surface area (Å²) in [5.74, 6) is 0.226. The summed E-state index contributed by atoms with van der Waals surface area (Å²) in [7, 11) is -1.51. The van der Waals surface area contributed by atoms with Gasteiger partial charge in [0.25, 0.3) is 0 Å². The lowest BCUT2D eigenvalue weighted by atomic mass is 10.1. The number of benzene rings is 3. The smallest absolute Gasteiger partial charge is 0.229 e. The van der Waals surface area contributed by atoms with Crippen molar-refractivity contribution >= 4 is 22.6 Å². The van der Waals surface area contributed by atoms with E-state index in [-0.39, 0.29) is 11.8 Å². The number of hydrogen-bond acceptors (Lipinski definition) is 3. The maximum Gasteiger partial charge on any atom is 0.229 e. The molecule has 1 aliphatic heterocycles. The molecule has 0 fully saturated rings. The Bertz CT molecular complexity index is 1200. The summed E-state index contributed by atoms with van der Waals surface area (Å²) in [6, 6.07) is 19.7. The van der Waals surface area contributed by atoms with Crippen molar-refractivity contribution < 1.29 is 18.1 Å². The molecule has 0 radical (unpaired) electrons. The highest BCUT2D eigenvalue weighted by atomic mass is 32.2. The van der Waals surface area contributed by atoms with E-state index in [1.807, 2.05) is 63.2 Å². The molecule has 0 N–H and O–H groups in total. The number of nitrogens with zero attached hydrogens (tertiary/aromatic N) is 2. The highest BCUT2D eigenvalue weighted by Gasteiger charge is 2.23. The summed E-state index contributed by atoms with van der Waals surface area (Å²) in [6.45, 7) is 7.46. The van der Waals surface area contributed by atoms with Gasteiger partial charge in [0.15, 0.2) is 0 Å². The van der Waals surface area contributed by atoms with Crippen molar-refractivity contribution in [1.82, 2.24) is 4.31 Å². The van der Waals surface area contributed by atoms with Crippen molar-refractivity contribution in [3.05, 3.63) is 89.2 Å². The molecule has 5 nitrogen and oxygen atoms in total. The predicted octanol–water partition coefficient (Wildman–Crippen LogP) is 5.24. The first-order valence-corrected chi connectivity index (χ1v) is 12.5. The van der Waals surface area contributed by atoms with Gasteiger partial charge in [0.1, 0.15) is 29.2 Å². The molecule has 3 aromatic carbocycles. The fourth-order valence-corrected chi connectivity index (χ4v) is 5.11. The lowest BCUT2D eigenvalue weighted by molar-refractivity contribution is -0.121. The van der Waals surface area contributed by atoms with E-state index in [0.717, 1.165) is 28.1 Å². The Morgan fingerprint density at radius 3 is 2.59 bits per heavy atom. The Kier molecular flexibility index (Phi) is 7.44. The van der Waals surface area contributed by atoms with Crippen LogP contribution in [0.15, 0.2) is 71.6 Å². The van der Waals surface area contributed by atoms with Crippen LogP contribution in [-0.2, 0) is 28.9 Å². The molecule has 1 unspecified atom stereocenters. The Labute approximate surface area is 202 Å². The van der Waals surface area contributed by atoms with E-state index in [1.165, 1.54) is 12.1 Å². The van der Waals surface area contributed by atoms with Gasteiger partial charge in [0, 0.05) is 30.3 Å². The van der Waals surface area contributed by atoms with Gasteiger partial charge in [0.2, 0.25) is 5.91 Å². The molecule has 3 aromatic rings. The zero-order valence-electron chi connectivity index (χ0n) is 19.7. The maximum absolute atomic E-state index is 13.7. The molecule has 0 aromatic heterocycles. The fourth-order valence-electron chi connectivity index (χ4n) is 3.90. The average molecular weight is 481 g/mol. The van der Waals surface area contributed by atoms with Crippen LogP contribution in [0, 0.1) is 18.7 Å². The lowest BCUT2D eigenvalue weighted by Gasteiger charge is -2.25. The summed E-state index contributed by atoms with van der Waals surface area (Å²) in [4.78, 5) is 15.2. The topological polar surface area (TPSA) is 49.9 Å². The number of hydrogen-bond donors (Lipinski definition) is 0. The molecule has 1 heterocycles. The predicted molar refractivity (Wildman–Crippen MR) is 132 cm³/mol. The first kappa shape index (κ1) is 24.1. The van der Waals surface area contributed by atoms with Gasteiger partial charge >= 0.3 is 0 Å². The molecule has 1 aliphatic rings. The van der Waals surface area contributed by atoms with Crippen molar-refractivity contribution in [3.8, 4) is 5.75 Å². The second-order valence-corrected chi connectivity index (χ2v) is 10.3. The van der Waals surface area contributed by atoms with Gasteiger partial charge in [-0.05, 0) is 55.0 Å². The van der Waals surface area contributed by atoms with Crippen LogP contribution in [0.2, 0.25) is 0 Å².